The average Bonchev–Trinajstić information content (AvgIpc) is 2.57. The lowest BCUT2D eigenvalue weighted by Gasteiger charge is -2.20. The van der Waals surface area contributed by atoms with Crippen molar-refractivity contribution >= 4 is 29.0 Å². The van der Waals surface area contributed by atoms with E-state index in [0.29, 0.717) is 12.4 Å². The van der Waals surface area contributed by atoms with Gasteiger partial charge in [-0.15, -0.1) is 0 Å². The topological polar surface area (TPSA) is 70.2 Å². The fraction of sp³-hybridized carbons (Fsp3) is 0.389. The molecular weight excluding hydrogens is 302 g/mol. The lowest BCUT2D eigenvalue weighted by molar-refractivity contribution is -0.115. The van der Waals surface area contributed by atoms with E-state index in [1.807, 2.05) is 44.2 Å². The van der Waals surface area contributed by atoms with Crippen LogP contribution in [-0.4, -0.2) is 29.0 Å². The molecule has 0 bridgehead atoms. The number of anilines is 4. The SMILES string of the molecule is CCC(=O)Nc1ccc(Nc2nc(C)cc(N(CC)CC)n2)cc1. The Morgan fingerprint density at radius 3 is 2.25 bits per heavy atom. The Hall–Kier alpha value is -2.63. The van der Waals surface area contributed by atoms with Crippen molar-refractivity contribution in [3.8, 4) is 0 Å². The van der Waals surface area contributed by atoms with E-state index in [1.165, 1.54) is 0 Å². The third-order valence-electron chi connectivity index (χ3n) is 3.67. The maximum Gasteiger partial charge on any atom is 0.229 e. The van der Waals surface area contributed by atoms with Gasteiger partial charge in [-0.3, -0.25) is 4.79 Å². The van der Waals surface area contributed by atoms with Crippen molar-refractivity contribution in [3.05, 3.63) is 36.0 Å². The minimum absolute atomic E-state index is 0.00147. The molecule has 0 radical (unpaired) electrons. The van der Waals surface area contributed by atoms with E-state index in [4.69, 9.17) is 0 Å². The highest BCUT2D eigenvalue weighted by Gasteiger charge is 2.08. The predicted octanol–water partition coefficient (Wildman–Crippen LogP) is 3.72. The molecule has 24 heavy (non-hydrogen) atoms. The number of aryl methyl sites for hydroxylation is 1. The van der Waals surface area contributed by atoms with Crippen molar-refractivity contribution in [2.24, 2.45) is 0 Å². The number of nitrogens with one attached hydrogen (secondary N) is 2. The van der Waals surface area contributed by atoms with Crippen molar-refractivity contribution in [1.82, 2.24) is 9.97 Å². The summed E-state index contributed by atoms with van der Waals surface area (Å²) in [4.78, 5) is 22.6. The fourth-order valence-electron chi connectivity index (χ4n) is 2.33. The van der Waals surface area contributed by atoms with Crippen molar-refractivity contribution < 1.29 is 4.79 Å². The number of carbonyl (C=O) groups is 1. The van der Waals surface area contributed by atoms with Crippen molar-refractivity contribution in [2.75, 3.05) is 28.6 Å². The lowest BCUT2D eigenvalue weighted by atomic mass is 10.2. The molecular formula is C18H25N5O. The van der Waals surface area contributed by atoms with Gasteiger partial charge in [0.05, 0.1) is 0 Å². The van der Waals surface area contributed by atoms with Gasteiger partial charge in [0.15, 0.2) is 0 Å². The van der Waals surface area contributed by atoms with E-state index in [9.17, 15) is 4.79 Å². The molecule has 128 valence electrons. The van der Waals surface area contributed by atoms with Crippen LogP contribution in [0.5, 0.6) is 0 Å². The van der Waals surface area contributed by atoms with E-state index in [2.05, 4.69) is 39.3 Å². The molecule has 2 N–H and O–H groups in total. The molecule has 0 saturated heterocycles. The van der Waals surface area contributed by atoms with Crippen LogP contribution >= 0.6 is 0 Å². The molecule has 0 spiro atoms. The van der Waals surface area contributed by atoms with Crippen LogP contribution in [0, 0.1) is 6.92 Å². The number of aromatic nitrogens is 2. The molecule has 1 aromatic heterocycles. The predicted molar refractivity (Wildman–Crippen MR) is 99.0 cm³/mol. The first-order chi connectivity index (χ1) is 11.5. The van der Waals surface area contributed by atoms with E-state index in [-0.39, 0.29) is 5.91 Å². The maximum atomic E-state index is 11.4. The molecule has 6 nitrogen and oxygen atoms in total. The number of carbonyl (C=O) groups excluding carboxylic acids is 1. The second-order valence-electron chi connectivity index (χ2n) is 5.47. The Bertz CT molecular complexity index is 680. The Kier molecular flexibility index (Phi) is 6.12. The first-order valence-electron chi connectivity index (χ1n) is 8.33. The highest BCUT2D eigenvalue weighted by Crippen LogP contribution is 2.20. The zero-order valence-electron chi connectivity index (χ0n) is 14.8. The van der Waals surface area contributed by atoms with Crippen LogP contribution in [0.15, 0.2) is 30.3 Å². The normalized spacial score (nSPS) is 10.3. The molecule has 0 unspecified atom stereocenters. The van der Waals surface area contributed by atoms with Gasteiger partial charge in [-0.2, -0.15) is 4.98 Å². The van der Waals surface area contributed by atoms with Crippen molar-refractivity contribution in [3.63, 3.8) is 0 Å². The van der Waals surface area contributed by atoms with Crippen molar-refractivity contribution in [1.29, 1.82) is 0 Å². The summed E-state index contributed by atoms with van der Waals surface area (Å²) in [5, 5.41) is 6.05. The molecule has 1 amide bonds. The molecule has 0 atom stereocenters. The molecule has 0 saturated carbocycles. The largest absolute Gasteiger partial charge is 0.357 e. The van der Waals surface area contributed by atoms with Crippen LogP contribution in [0.1, 0.15) is 32.9 Å². The lowest BCUT2D eigenvalue weighted by Crippen LogP contribution is -2.23. The summed E-state index contributed by atoms with van der Waals surface area (Å²) in [5.74, 6) is 1.49. The molecule has 1 aromatic carbocycles. The van der Waals surface area contributed by atoms with E-state index < -0.39 is 0 Å². The van der Waals surface area contributed by atoms with Crippen LogP contribution in [0.3, 0.4) is 0 Å². The van der Waals surface area contributed by atoms with Crippen molar-refractivity contribution in [2.45, 2.75) is 34.1 Å². The summed E-state index contributed by atoms with van der Waals surface area (Å²) in [6.07, 6.45) is 0.464. The number of hydrogen-bond acceptors (Lipinski definition) is 5. The smallest absolute Gasteiger partial charge is 0.229 e. The second kappa shape index (κ2) is 8.29. The molecule has 0 aliphatic rings. The van der Waals surface area contributed by atoms with Crippen LogP contribution in [0.25, 0.3) is 0 Å². The van der Waals surface area contributed by atoms with Gasteiger partial charge in [0.2, 0.25) is 11.9 Å². The standard InChI is InChI=1S/C18H25N5O/c1-5-17(24)20-14-8-10-15(11-9-14)21-18-19-13(4)12-16(22-18)23(6-2)7-3/h8-12H,5-7H2,1-4H3,(H,20,24)(H,19,21,22). The summed E-state index contributed by atoms with van der Waals surface area (Å²) in [6, 6.07) is 9.50. The molecule has 1 heterocycles. The molecule has 0 fully saturated rings. The van der Waals surface area contributed by atoms with Crippen LogP contribution < -0.4 is 15.5 Å². The zero-order chi connectivity index (χ0) is 17.5. The van der Waals surface area contributed by atoms with Gasteiger partial charge in [-0.05, 0) is 45.0 Å². The van der Waals surface area contributed by atoms with Gasteiger partial charge in [-0.25, -0.2) is 4.98 Å². The number of benzene rings is 1. The minimum Gasteiger partial charge on any atom is -0.357 e. The van der Waals surface area contributed by atoms with Gasteiger partial charge in [-0.1, -0.05) is 6.92 Å². The Morgan fingerprint density at radius 1 is 1.04 bits per heavy atom. The third-order valence-corrected chi connectivity index (χ3v) is 3.67. The fourth-order valence-corrected chi connectivity index (χ4v) is 2.33. The van der Waals surface area contributed by atoms with Crippen LogP contribution in [0.2, 0.25) is 0 Å². The third kappa shape index (κ3) is 4.68. The molecule has 2 rings (SSSR count). The summed E-state index contributed by atoms with van der Waals surface area (Å²) in [5.41, 5.74) is 2.57. The second-order valence-corrected chi connectivity index (χ2v) is 5.47. The summed E-state index contributed by atoms with van der Waals surface area (Å²) >= 11 is 0. The number of nitrogens with zero attached hydrogens (tertiary/aromatic N) is 3. The van der Waals surface area contributed by atoms with E-state index in [1.54, 1.807) is 0 Å². The van der Waals surface area contributed by atoms with Gasteiger partial charge in [0.25, 0.3) is 0 Å². The minimum atomic E-state index is 0.00147. The van der Waals surface area contributed by atoms with Crippen LogP contribution in [-0.2, 0) is 4.79 Å². The zero-order valence-corrected chi connectivity index (χ0v) is 14.8. The maximum absolute atomic E-state index is 11.4. The highest BCUT2D eigenvalue weighted by atomic mass is 16.1. The van der Waals surface area contributed by atoms with E-state index in [0.717, 1.165) is 36.0 Å². The highest BCUT2D eigenvalue weighted by molar-refractivity contribution is 5.90. The van der Waals surface area contributed by atoms with Gasteiger partial charge >= 0.3 is 0 Å². The van der Waals surface area contributed by atoms with Gasteiger partial charge in [0.1, 0.15) is 5.82 Å². The summed E-state index contributed by atoms with van der Waals surface area (Å²) in [6.45, 7) is 9.81. The number of hydrogen-bond donors (Lipinski definition) is 2. The Morgan fingerprint density at radius 2 is 1.67 bits per heavy atom. The number of amides is 1. The Balaban J connectivity index is 2.14. The summed E-state index contributed by atoms with van der Waals surface area (Å²) in [7, 11) is 0. The average molecular weight is 327 g/mol. The summed E-state index contributed by atoms with van der Waals surface area (Å²) < 4.78 is 0. The molecule has 0 aliphatic heterocycles. The van der Waals surface area contributed by atoms with Gasteiger partial charge in [0, 0.05) is 42.6 Å². The van der Waals surface area contributed by atoms with Gasteiger partial charge < -0.3 is 15.5 Å². The monoisotopic (exact) mass is 327 g/mol. The molecule has 6 heteroatoms. The first-order valence-corrected chi connectivity index (χ1v) is 8.33. The van der Waals surface area contributed by atoms with Crippen LogP contribution in [0.4, 0.5) is 23.1 Å². The quantitative estimate of drug-likeness (QED) is 0.811. The first kappa shape index (κ1) is 17.7. The molecule has 0 aliphatic carbocycles. The number of rotatable bonds is 7. The van der Waals surface area contributed by atoms with E-state index >= 15 is 0 Å². The molecule has 2 aromatic rings. The Labute approximate surface area is 143 Å².